The first kappa shape index (κ1) is 18.6. The number of ether oxygens (including phenoxy) is 1. The number of rotatable bonds is 9. The minimum Gasteiger partial charge on any atom is -0.457 e. The molecule has 1 rings (SSSR count). The highest BCUT2D eigenvalue weighted by Gasteiger charge is 2.15. The zero-order valence-corrected chi connectivity index (χ0v) is 14.2. The van der Waals surface area contributed by atoms with Gasteiger partial charge in [0.05, 0.1) is 6.07 Å². The van der Waals surface area contributed by atoms with Crippen molar-refractivity contribution in [3.8, 4) is 6.07 Å². The van der Waals surface area contributed by atoms with Gasteiger partial charge in [0, 0.05) is 26.2 Å². The van der Waals surface area contributed by atoms with Gasteiger partial charge in [-0.3, -0.25) is 4.79 Å². The summed E-state index contributed by atoms with van der Waals surface area (Å²) in [6, 6.07) is 1.76. The van der Waals surface area contributed by atoms with Crippen LogP contribution in [0.5, 0.6) is 0 Å². The van der Waals surface area contributed by atoms with Gasteiger partial charge in [-0.2, -0.15) is 20.2 Å². The van der Waals surface area contributed by atoms with E-state index in [0.717, 1.165) is 26.2 Å². The second kappa shape index (κ2) is 9.56. The van der Waals surface area contributed by atoms with Crippen molar-refractivity contribution in [2.24, 2.45) is 0 Å². The Balaban J connectivity index is 3.08. The minimum atomic E-state index is -0.582. The molecule has 0 amide bonds. The monoisotopic (exact) mass is 320 g/mol. The maximum Gasteiger partial charge on any atom is 0.320 e. The highest BCUT2D eigenvalue weighted by atomic mass is 16.5. The molecule has 8 heteroatoms. The van der Waals surface area contributed by atoms with Gasteiger partial charge in [0.1, 0.15) is 6.42 Å². The maximum absolute atomic E-state index is 11.3. The second-order valence-electron chi connectivity index (χ2n) is 4.69. The summed E-state index contributed by atoms with van der Waals surface area (Å²) in [7, 11) is 0. The zero-order valence-electron chi connectivity index (χ0n) is 14.2. The van der Waals surface area contributed by atoms with E-state index in [2.05, 4.69) is 15.0 Å². The van der Waals surface area contributed by atoms with Crippen LogP contribution in [-0.2, 0) is 16.1 Å². The fourth-order valence-electron chi connectivity index (χ4n) is 2.02. The van der Waals surface area contributed by atoms with Gasteiger partial charge in [0.15, 0.2) is 12.4 Å². The normalized spacial score (nSPS) is 10.0. The molecule has 0 saturated heterocycles. The molecule has 23 heavy (non-hydrogen) atoms. The molecular formula is C15H24N6O2. The molecule has 0 fully saturated rings. The van der Waals surface area contributed by atoms with Gasteiger partial charge < -0.3 is 14.5 Å². The van der Waals surface area contributed by atoms with E-state index in [-0.39, 0.29) is 13.0 Å². The summed E-state index contributed by atoms with van der Waals surface area (Å²) in [6.45, 7) is 11.1. The lowest BCUT2D eigenvalue weighted by atomic mass is 10.5. The van der Waals surface area contributed by atoms with Crippen LogP contribution >= 0.6 is 0 Å². The Bertz CT molecular complexity index is 519. The third kappa shape index (κ3) is 5.36. The Morgan fingerprint density at radius 2 is 1.48 bits per heavy atom. The summed E-state index contributed by atoms with van der Waals surface area (Å²) >= 11 is 0. The molecule has 0 bridgehead atoms. The number of carbonyl (C=O) groups is 1. The van der Waals surface area contributed by atoms with Crippen LogP contribution in [0.4, 0.5) is 11.9 Å². The molecule has 0 N–H and O–H groups in total. The van der Waals surface area contributed by atoms with Gasteiger partial charge in [0.2, 0.25) is 11.9 Å². The number of hydrogen-bond acceptors (Lipinski definition) is 8. The molecule has 0 aliphatic heterocycles. The van der Waals surface area contributed by atoms with Crippen LogP contribution in [0.25, 0.3) is 0 Å². The fraction of sp³-hybridized carbons (Fsp3) is 0.667. The molecule has 0 aliphatic rings. The van der Waals surface area contributed by atoms with E-state index in [0.29, 0.717) is 17.7 Å². The Hall–Kier alpha value is -2.43. The molecule has 0 saturated carbocycles. The van der Waals surface area contributed by atoms with E-state index in [4.69, 9.17) is 10.00 Å². The standard InChI is InChI=1S/C15H24N6O2/c1-5-20(6-2)14-17-12(11-23-13(22)9-10-16)18-15(19-14)21(7-3)8-4/h5-9,11H2,1-4H3. The van der Waals surface area contributed by atoms with Crippen molar-refractivity contribution < 1.29 is 9.53 Å². The van der Waals surface area contributed by atoms with Crippen LogP contribution in [-0.4, -0.2) is 47.1 Å². The number of nitrogens with zero attached hydrogens (tertiary/aromatic N) is 6. The van der Waals surface area contributed by atoms with Crippen molar-refractivity contribution in [1.29, 1.82) is 5.26 Å². The van der Waals surface area contributed by atoms with E-state index in [1.807, 2.05) is 37.5 Å². The Kier molecular flexibility index (Phi) is 7.74. The fourth-order valence-corrected chi connectivity index (χ4v) is 2.02. The number of hydrogen-bond donors (Lipinski definition) is 0. The number of aromatic nitrogens is 3. The summed E-state index contributed by atoms with van der Waals surface area (Å²) in [6.07, 6.45) is -0.281. The average molecular weight is 320 g/mol. The molecular weight excluding hydrogens is 296 g/mol. The molecule has 0 atom stereocenters. The molecule has 0 spiro atoms. The predicted molar refractivity (Wildman–Crippen MR) is 87.0 cm³/mol. The van der Waals surface area contributed by atoms with Crippen LogP contribution < -0.4 is 9.80 Å². The van der Waals surface area contributed by atoms with Crippen molar-refractivity contribution in [2.75, 3.05) is 36.0 Å². The first-order valence-corrected chi connectivity index (χ1v) is 7.86. The van der Waals surface area contributed by atoms with Crippen molar-refractivity contribution in [2.45, 2.75) is 40.7 Å². The van der Waals surface area contributed by atoms with Gasteiger partial charge in [-0.25, -0.2) is 0 Å². The number of carbonyl (C=O) groups excluding carboxylic acids is 1. The SMILES string of the molecule is CCN(CC)c1nc(COC(=O)CC#N)nc(N(CC)CC)n1. The van der Waals surface area contributed by atoms with Gasteiger partial charge in [0.25, 0.3) is 0 Å². The topological polar surface area (TPSA) is 95.2 Å². The molecule has 0 unspecified atom stereocenters. The second-order valence-corrected chi connectivity index (χ2v) is 4.69. The molecule has 1 aromatic rings. The lowest BCUT2D eigenvalue weighted by molar-refractivity contribution is -0.143. The molecule has 0 aromatic carbocycles. The van der Waals surface area contributed by atoms with Crippen molar-refractivity contribution >= 4 is 17.9 Å². The van der Waals surface area contributed by atoms with Gasteiger partial charge in [-0.15, -0.1) is 0 Å². The zero-order chi connectivity index (χ0) is 17.2. The van der Waals surface area contributed by atoms with Gasteiger partial charge in [-0.05, 0) is 27.7 Å². The predicted octanol–water partition coefficient (Wildman–Crippen LogP) is 1.52. The number of esters is 1. The van der Waals surface area contributed by atoms with Crippen molar-refractivity contribution in [1.82, 2.24) is 15.0 Å². The van der Waals surface area contributed by atoms with E-state index < -0.39 is 5.97 Å². The van der Waals surface area contributed by atoms with Gasteiger partial charge >= 0.3 is 5.97 Å². The first-order chi connectivity index (χ1) is 11.1. The molecule has 8 nitrogen and oxygen atoms in total. The minimum absolute atomic E-state index is 0.0639. The Morgan fingerprint density at radius 1 is 1.00 bits per heavy atom. The number of nitriles is 1. The third-order valence-corrected chi connectivity index (χ3v) is 3.34. The van der Waals surface area contributed by atoms with Crippen LogP contribution in [0.15, 0.2) is 0 Å². The molecule has 1 heterocycles. The van der Waals surface area contributed by atoms with E-state index in [1.54, 1.807) is 6.07 Å². The van der Waals surface area contributed by atoms with Crippen LogP contribution in [0.2, 0.25) is 0 Å². The Morgan fingerprint density at radius 3 is 1.87 bits per heavy atom. The summed E-state index contributed by atoms with van der Waals surface area (Å²) in [5.74, 6) is 0.938. The van der Waals surface area contributed by atoms with E-state index in [1.165, 1.54) is 0 Å². The molecule has 126 valence electrons. The lowest BCUT2D eigenvalue weighted by Gasteiger charge is -2.23. The highest BCUT2D eigenvalue weighted by Crippen LogP contribution is 2.14. The summed E-state index contributed by atoms with van der Waals surface area (Å²) in [4.78, 5) is 28.6. The van der Waals surface area contributed by atoms with Gasteiger partial charge in [-0.1, -0.05) is 0 Å². The van der Waals surface area contributed by atoms with Crippen LogP contribution in [0.1, 0.15) is 39.9 Å². The van der Waals surface area contributed by atoms with E-state index in [9.17, 15) is 4.79 Å². The molecule has 0 radical (unpaired) electrons. The lowest BCUT2D eigenvalue weighted by Crippen LogP contribution is -2.29. The first-order valence-electron chi connectivity index (χ1n) is 7.86. The highest BCUT2D eigenvalue weighted by molar-refractivity contribution is 5.71. The van der Waals surface area contributed by atoms with Crippen molar-refractivity contribution in [3.63, 3.8) is 0 Å². The summed E-state index contributed by atoms with van der Waals surface area (Å²) < 4.78 is 5.02. The Labute approximate surface area is 137 Å². The maximum atomic E-state index is 11.3. The van der Waals surface area contributed by atoms with Crippen molar-refractivity contribution in [3.05, 3.63) is 5.82 Å². The number of anilines is 2. The average Bonchev–Trinajstić information content (AvgIpc) is 2.55. The summed E-state index contributed by atoms with van der Waals surface area (Å²) in [5, 5.41) is 8.49. The molecule has 1 aromatic heterocycles. The largest absolute Gasteiger partial charge is 0.457 e. The van der Waals surface area contributed by atoms with E-state index >= 15 is 0 Å². The van der Waals surface area contributed by atoms with Crippen LogP contribution in [0, 0.1) is 11.3 Å². The smallest absolute Gasteiger partial charge is 0.320 e. The molecule has 0 aliphatic carbocycles. The third-order valence-electron chi connectivity index (χ3n) is 3.34. The van der Waals surface area contributed by atoms with Crippen LogP contribution in [0.3, 0.4) is 0 Å². The quantitative estimate of drug-likeness (QED) is 0.632. The summed E-state index contributed by atoms with van der Waals surface area (Å²) in [5.41, 5.74) is 0.